The number of ketones is 1. The van der Waals surface area contributed by atoms with Crippen LogP contribution in [0.2, 0.25) is 0 Å². The smallest absolute Gasteiger partial charge is 0.378 e. The zero-order valence-electron chi connectivity index (χ0n) is 13.1. The van der Waals surface area contributed by atoms with Crippen molar-refractivity contribution < 1.29 is 22.7 Å². The van der Waals surface area contributed by atoms with Crippen LogP contribution in [0.3, 0.4) is 0 Å². The number of nitrogens with zero attached hydrogens (tertiary/aromatic N) is 2. The van der Waals surface area contributed by atoms with Gasteiger partial charge in [-0.2, -0.15) is 18.4 Å². The average Bonchev–Trinajstić information content (AvgIpc) is 2.52. The summed E-state index contributed by atoms with van der Waals surface area (Å²) in [6.07, 6.45) is -3.69. The summed E-state index contributed by atoms with van der Waals surface area (Å²) in [7, 11) is 1.96. The Hall–Kier alpha value is -1.91. The molecule has 3 rings (SSSR count). The Morgan fingerprint density at radius 1 is 1.29 bits per heavy atom. The summed E-state index contributed by atoms with van der Waals surface area (Å²) < 4.78 is 45.4. The van der Waals surface area contributed by atoms with Crippen LogP contribution in [0.1, 0.15) is 34.3 Å². The van der Waals surface area contributed by atoms with Crippen molar-refractivity contribution in [2.45, 2.75) is 31.1 Å². The number of carbonyl (C=O) groups excluding carboxylic acids is 1. The van der Waals surface area contributed by atoms with Gasteiger partial charge in [-0.05, 0) is 38.1 Å². The molecule has 2 fully saturated rings. The van der Waals surface area contributed by atoms with Crippen molar-refractivity contribution in [3.05, 3.63) is 34.9 Å². The number of fused-ring (bicyclic) bond motifs is 2. The number of Topliss-reactive ketones (excluding diaryl/α,β-unsaturated/α-hetero) is 1. The molecule has 2 aliphatic rings. The topological polar surface area (TPSA) is 53.3 Å². The number of morpholine rings is 1. The molecule has 2 atom stereocenters. The van der Waals surface area contributed by atoms with E-state index in [0.29, 0.717) is 26.1 Å². The second-order valence-electron chi connectivity index (χ2n) is 6.41. The Morgan fingerprint density at radius 3 is 2.46 bits per heavy atom. The molecule has 1 aromatic rings. The van der Waals surface area contributed by atoms with Gasteiger partial charge in [-0.3, -0.25) is 9.69 Å². The number of halogens is 3. The summed E-state index contributed by atoms with van der Waals surface area (Å²) >= 11 is 0. The van der Waals surface area contributed by atoms with Crippen molar-refractivity contribution in [2.24, 2.45) is 5.92 Å². The van der Waals surface area contributed by atoms with Crippen LogP contribution in [-0.2, 0) is 10.9 Å². The van der Waals surface area contributed by atoms with E-state index >= 15 is 0 Å². The molecule has 1 aromatic carbocycles. The van der Waals surface area contributed by atoms with Crippen LogP contribution in [0.25, 0.3) is 0 Å². The van der Waals surface area contributed by atoms with Crippen molar-refractivity contribution in [1.82, 2.24) is 4.90 Å². The van der Waals surface area contributed by atoms with Gasteiger partial charge in [0.05, 0.1) is 30.4 Å². The number of hydrogen-bond acceptors (Lipinski definition) is 4. The molecule has 0 spiro atoms. The highest BCUT2D eigenvalue weighted by Crippen LogP contribution is 2.37. The van der Waals surface area contributed by atoms with E-state index in [2.05, 4.69) is 4.90 Å². The van der Waals surface area contributed by atoms with Gasteiger partial charge in [0.15, 0.2) is 5.78 Å². The molecule has 0 saturated carbocycles. The van der Waals surface area contributed by atoms with Crippen LogP contribution < -0.4 is 0 Å². The Labute approximate surface area is 137 Å². The first-order valence-electron chi connectivity index (χ1n) is 7.76. The fraction of sp³-hybridized carbons (Fsp3) is 0.529. The zero-order valence-corrected chi connectivity index (χ0v) is 13.1. The largest absolute Gasteiger partial charge is 0.417 e. The molecule has 0 aliphatic carbocycles. The molecule has 2 aliphatic heterocycles. The molecule has 0 N–H and O–H groups in total. The van der Waals surface area contributed by atoms with E-state index in [4.69, 9.17) is 10.00 Å². The number of hydrogen-bond donors (Lipinski definition) is 0. The van der Waals surface area contributed by atoms with Crippen molar-refractivity contribution in [1.29, 1.82) is 5.26 Å². The number of carbonyl (C=O) groups is 1. The van der Waals surface area contributed by atoms with Crippen molar-refractivity contribution in [2.75, 3.05) is 20.3 Å². The van der Waals surface area contributed by atoms with E-state index in [1.165, 1.54) is 6.07 Å². The fourth-order valence-corrected chi connectivity index (χ4v) is 3.59. The third kappa shape index (κ3) is 3.04. The van der Waals surface area contributed by atoms with E-state index in [9.17, 15) is 18.0 Å². The van der Waals surface area contributed by atoms with Crippen molar-refractivity contribution in [3.8, 4) is 6.07 Å². The lowest BCUT2D eigenvalue weighted by Gasteiger charge is -2.46. The summed E-state index contributed by atoms with van der Waals surface area (Å²) in [4.78, 5) is 14.9. The second kappa shape index (κ2) is 6.19. The number of ether oxygens (including phenoxy) is 1. The molecule has 4 nitrogen and oxygen atoms in total. The van der Waals surface area contributed by atoms with Crippen molar-refractivity contribution in [3.63, 3.8) is 0 Å². The highest BCUT2D eigenvalue weighted by molar-refractivity contribution is 5.99. The SMILES string of the molecule is CN1C2COCC1CC(C(=O)c1ccc(C#N)cc1C(F)(F)F)C2. The van der Waals surface area contributed by atoms with Gasteiger partial charge in [0.1, 0.15) is 0 Å². The van der Waals surface area contributed by atoms with Crippen molar-refractivity contribution >= 4 is 5.78 Å². The highest BCUT2D eigenvalue weighted by atomic mass is 19.4. The lowest BCUT2D eigenvalue weighted by molar-refractivity contribution is -0.138. The van der Waals surface area contributed by atoms with E-state index in [1.807, 2.05) is 7.05 Å². The normalized spacial score (nSPS) is 27.5. The molecule has 7 heteroatoms. The number of piperidine rings is 1. The number of likely N-dealkylation sites (N-methyl/N-ethyl adjacent to an activating group) is 1. The molecule has 2 bridgehead atoms. The van der Waals surface area contributed by atoms with Gasteiger partial charge in [0.2, 0.25) is 0 Å². The first-order valence-corrected chi connectivity index (χ1v) is 7.76. The zero-order chi connectivity index (χ0) is 17.5. The summed E-state index contributed by atoms with van der Waals surface area (Å²) in [6.45, 7) is 0.993. The highest BCUT2D eigenvalue weighted by Gasteiger charge is 2.42. The van der Waals surface area contributed by atoms with Crippen LogP contribution in [0.5, 0.6) is 0 Å². The van der Waals surface area contributed by atoms with Gasteiger partial charge in [-0.15, -0.1) is 0 Å². The minimum atomic E-state index is -4.66. The van der Waals surface area contributed by atoms with Gasteiger partial charge in [0, 0.05) is 23.6 Å². The van der Waals surface area contributed by atoms with E-state index < -0.39 is 23.4 Å². The summed E-state index contributed by atoms with van der Waals surface area (Å²) in [5.74, 6) is -0.939. The number of alkyl halides is 3. The van der Waals surface area contributed by atoms with Gasteiger partial charge < -0.3 is 4.74 Å². The van der Waals surface area contributed by atoms with Crippen LogP contribution in [0.15, 0.2) is 18.2 Å². The molecule has 0 radical (unpaired) electrons. The van der Waals surface area contributed by atoms with Gasteiger partial charge in [-0.25, -0.2) is 0 Å². The van der Waals surface area contributed by atoms with E-state index in [-0.39, 0.29) is 23.2 Å². The van der Waals surface area contributed by atoms with Gasteiger partial charge in [0.25, 0.3) is 0 Å². The minimum absolute atomic E-state index is 0.0548. The van der Waals surface area contributed by atoms with E-state index in [1.54, 1.807) is 6.07 Å². The van der Waals surface area contributed by atoms with Crippen LogP contribution in [-0.4, -0.2) is 43.0 Å². The molecule has 2 saturated heterocycles. The maximum absolute atomic E-state index is 13.3. The van der Waals surface area contributed by atoms with Crippen LogP contribution in [0, 0.1) is 17.2 Å². The number of rotatable bonds is 2. The number of nitriles is 1. The minimum Gasteiger partial charge on any atom is -0.378 e. The number of benzene rings is 1. The third-order valence-electron chi connectivity index (χ3n) is 4.98. The lowest BCUT2D eigenvalue weighted by Crippen LogP contribution is -2.55. The molecule has 128 valence electrons. The molecular weight excluding hydrogens is 321 g/mol. The molecular formula is C17H17F3N2O2. The fourth-order valence-electron chi connectivity index (χ4n) is 3.59. The summed E-state index contributed by atoms with van der Waals surface area (Å²) in [5.41, 5.74) is -1.46. The molecule has 0 aromatic heterocycles. The molecule has 0 amide bonds. The van der Waals surface area contributed by atoms with E-state index in [0.717, 1.165) is 12.1 Å². The predicted octanol–water partition coefficient (Wildman–Crippen LogP) is 2.87. The van der Waals surface area contributed by atoms with Crippen LogP contribution in [0.4, 0.5) is 13.2 Å². The molecule has 2 heterocycles. The van der Waals surface area contributed by atoms with Crippen LogP contribution >= 0.6 is 0 Å². The second-order valence-corrected chi connectivity index (χ2v) is 6.41. The Kier molecular flexibility index (Phi) is 4.37. The first kappa shape index (κ1) is 16.9. The monoisotopic (exact) mass is 338 g/mol. The Morgan fingerprint density at radius 2 is 1.92 bits per heavy atom. The summed E-state index contributed by atoms with van der Waals surface area (Å²) in [5, 5.41) is 8.82. The molecule has 2 unspecified atom stereocenters. The Balaban J connectivity index is 1.92. The maximum Gasteiger partial charge on any atom is 0.417 e. The summed E-state index contributed by atoms with van der Waals surface area (Å²) in [6, 6.07) is 4.95. The Bertz CT molecular complexity index is 682. The quantitative estimate of drug-likeness (QED) is 0.778. The first-order chi connectivity index (χ1) is 11.3. The third-order valence-corrected chi connectivity index (χ3v) is 4.98. The standard InChI is InChI=1S/C17H17F3N2O2/c1-22-12-5-11(6-13(22)9-24-8-12)16(23)14-3-2-10(7-21)4-15(14)17(18,19)20/h2-4,11-13H,5-6,8-9H2,1H3. The average molecular weight is 338 g/mol. The lowest BCUT2D eigenvalue weighted by atomic mass is 9.80. The molecule has 24 heavy (non-hydrogen) atoms. The van der Waals surface area contributed by atoms with Gasteiger partial charge >= 0.3 is 6.18 Å². The van der Waals surface area contributed by atoms with Gasteiger partial charge in [-0.1, -0.05) is 0 Å². The predicted molar refractivity (Wildman–Crippen MR) is 79.4 cm³/mol. The maximum atomic E-state index is 13.3.